The second kappa shape index (κ2) is 39.2. The van der Waals surface area contributed by atoms with Crippen molar-refractivity contribution in [2.45, 2.75) is 218 Å². The van der Waals surface area contributed by atoms with Crippen LogP contribution >= 0.6 is 24.1 Å². The fourth-order valence-corrected chi connectivity index (χ4v) is 26.0. The fraction of sp³-hybridized carbons (Fsp3) is 0.500. The summed E-state index contributed by atoms with van der Waals surface area (Å²) in [6, 6.07) is 53.6. The summed E-state index contributed by atoms with van der Waals surface area (Å²) in [6.07, 6.45) is 5.02. The number of fused-ring (bicyclic) bond motifs is 2. The summed E-state index contributed by atoms with van der Waals surface area (Å²) in [7, 11) is 13.9. The van der Waals surface area contributed by atoms with Gasteiger partial charge in [-0.15, -0.1) is 0 Å². The maximum absolute atomic E-state index is 13.9. The number of carbonyl (C=O) groups excluding carboxylic acids is 7. The Morgan fingerprint density at radius 3 is 1.08 bits per heavy atom. The lowest BCUT2D eigenvalue weighted by Crippen LogP contribution is -2.60. The number of aliphatic hydroxyl groups excluding tert-OH is 1. The van der Waals surface area contributed by atoms with Crippen molar-refractivity contribution in [1.29, 1.82) is 0 Å². The third kappa shape index (κ3) is 22.0. The van der Waals surface area contributed by atoms with E-state index in [4.69, 9.17) is 43.5 Å². The topological polar surface area (TPSA) is 365 Å². The lowest BCUT2D eigenvalue weighted by Gasteiger charge is -2.59. The van der Waals surface area contributed by atoms with Gasteiger partial charge in [0.15, 0.2) is 42.6 Å². The maximum Gasteiger partial charge on any atom is 0.415 e. The van der Waals surface area contributed by atoms with Crippen LogP contribution in [0.2, 0.25) is 0 Å². The number of alkyl halides is 4. The van der Waals surface area contributed by atoms with Crippen LogP contribution in [0.5, 0.6) is 0 Å². The quantitative estimate of drug-likeness (QED) is 0.00677. The van der Waals surface area contributed by atoms with E-state index in [1.165, 1.54) is 62.8 Å². The van der Waals surface area contributed by atoms with Crippen LogP contribution in [0, 0.1) is 113 Å². The van der Waals surface area contributed by atoms with Crippen LogP contribution in [0.4, 0.5) is 17.6 Å². The zero-order chi connectivity index (χ0) is 90.0. The smallest absolute Gasteiger partial charge is 0.415 e. The SMILES string of the molecule is Cc1ccc([S+](c2ccc(C)cc2)c2ccc(C)cc2)cc1.Cc1ccc([S+](c2ccc(C)cc2)c2ccc(C)cc2)cc1.O=C(COC(=O)C1C2CC3C(OC(=O)C31)C2O)OC12CC3CC(CC(O)(C3)C1)C2.O=C(COC(=O)C1C2CC3C(OC(=O)C31)C2OC(=O)C(F)(F)SOO[O-])OC12CC3CC(CC(O)(C3)C1)C2.O=C(O)C(F)(F)SOO[O-].[B]B([B])[B]. The highest BCUT2D eigenvalue weighted by Crippen LogP contribution is 2.63. The molecule has 660 valence electrons. The molecule has 6 aromatic carbocycles. The molecule has 6 aromatic rings. The van der Waals surface area contributed by atoms with Crippen LogP contribution in [0.15, 0.2) is 175 Å². The Morgan fingerprint density at radius 1 is 0.472 bits per heavy atom. The van der Waals surface area contributed by atoms with Gasteiger partial charge in [0.2, 0.25) is 0 Å². The number of halogens is 4. The molecule has 16 atom stereocenters. The Balaban J connectivity index is 0.000000139. The summed E-state index contributed by atoms with van der Waals surface area (Å²) in [5, 5.41) is 55.2. The summed E-state index contributed by atoms with van der Waals surface area (Å²) in [5.41, 5.74) is 4.81. The van der Waals surface area contributed by atoms with Crippen molar-refractivity contribution in [3.63, 3.8) is 0 Å². The van der Waals surface area contributed by atoms with Gasteiger partial charge in [-0.05, 0) is 215 Å². The number of benzene rings is 6. The summed E-state index contributed by atoms with van der Waals surface area (Å²) < 4.78 is 95.2. The second-order valence-electron chi connectivity index (χ2n) is 35.1. The number of rotatable bonds is 23. The lowest BCUT2D eigenvalue weighted by atomic mass is 9.08. The van der Waals surface area contributed by atoms with E-state index >= 15 is 0 Å². The van der Waals surface area contributed by atoms with Gasteiger partial charge in [-0.25, -0.2) is 19.2 Å². The molecule has 0 spiro atoms. The van der Waals surface area contributed by atoms with Crippen molar-refractivity contribution < 1.29 is 139 Å². The molecule has 12 aliphatic carbocycles. The molecule has 12 bridgehead atoms. The molecular weight excluding hydrogens is 1700 g/mol. The molecule has 125 heavy (non-hydrogen) atoms. The number of hydrogen-bond acceptors (Lipinski definition) is 26. The minimum absolute atomic E-state index is 0.0394. The van der Waals surface area contributed by atoms with Gasteiger partial charge in [-0.2, -0.15) is 26.2 Å². The number of carbonyl (C=O) groups is 8. The predicted molar refractivity (Wildman–Crippen MR) is 443 cm³/mol. The molecule has 12 saturated carbocycles. The number of aliphatic carboxylic acids is 1. The van der Waals surface area contributed by atoms with Gasteiger partial charge in [0, 0.05) is 66.1 Å². The average molecular weight is 1800 g/mol. The summed E-state index contributed by atoms with van der Waals surface area (Å²) in [6.45, 7) is 11.6. The molecule has 6 radical (unpaired) electrons. The van der Waals surface area contributed by atoms with Crippen molar-refractivity contribution in [2.24, 2.45) is 71.0 Å². The van der Waals surface area contributed by atoms with Crippen molar-refractivity contribution in [1.82, 2.24) is 0 Å². The Bertz CT molecular complexity index is 4480. The Hall–Kier alpha value is -7.90. The van der Waals surface area contributed by atoms with Crippen LogP contribution in [0.25, 0.3) is 0 Å². The molecule has 37 heteroatoms. The van der Waals surface area contributed by atoms with Gasteiger partial charge in [-0.3, -0.25) is 29.3 Å². The first-order chi connectivity index (χ1) is 59.2. The molecule has 14 fully saturated rings. The van der Waals surface area contributed by atoms with Crippen LogP contribution < -0.4 is 10.5 Å². The van der Waals surface area contributed by atoms with E-state index in [9.17, 15) is 76.5 Å². The van der Waals surface area contributed by atoms with Crippen molar-refractivity contribution in [3.8, 4) is 0 Å². The van der Waals surface area contributed by atoms with E-state index in [1.54, 1.807) is 0 Å². The molecule has 16 unspecified atom stereocenters. The van der Waals surface area contributed by atoms with Gasteiger partial charge in [0.05, 0.1) is 62.8 Å². The number of carboxylic acid groups (broad SMARTS) is 1. The van der Waals surface area contributed by atoms with E-state index in [1.807, 2.05) is 0 Å². The minimum atomic E-state index is -4.31. The standard InChI is InChI=1S/C23H26F2O12S.C21H26O8.2C21H21S.C2H2F2O5S.B4/c24-23(25,38-37-36-31)20(29)34-17-11-2-12-15(19(28)33-16(12)17)14(11)18(27)32-7-13(26)35-22-5-9-1-10(6-22)4-21(30,3-9)8-22;22-13(29-21-5-9-1-10(6-21)4-20(26,3-9)8-21)7-27-18(24)14-11-2-12-15(14)19(25)28-17(12)16(11)23;2*1-16-4-10-19(11-5-16)22(20-12-6-17(2)7-13-20)21-14-8-18(3)9-15-21;3-2(4,1(5)6)10-9-8-7;1-4(2)3/h9-12,14-17,30-31H,1-8H2;9-12,14-17,23,26H,1-8H2;2*4-15H,1-3H3;7H,(H,5,6);/q;;2*+1;;/p-2. The van der Waals surface area contributed by atoms with Crippen molar-refractivity contribution >= 4 is 123 Å². The highest BCUT2D eigenvalue weighted by molar-refractivity contribution is 7.97. The summed E-state index contributed by atoms with van der Waals surface area (Å²) >= 11 is -1.74. The first kappa shape index (κ1) is 94.7. The average Bonchev–Trinajstić information content (AvgIpc) is 1.58. The number of aryl methyl sites for hydroxylation is 6. The summed E-state index contributed by atoms with van der Waals surface area (Å²) in [4.78, 5) is 105. The van der Waals surface area contributed by atoms with Gasteiger partial charge < -0.3 is 64.1 Å². The summed E-state index contributed by atoms with van der Waals surface area (Å²) in [5.74, 6) is -12.6. The van der Waals surface area contributed by atoms with Crippen LogP contribution in [0.1, 0.15) is 123 Å². The number of aliphatic hydroxyl groups is 3. The van der Waals surface area contributed by atoms with E-state index in [0.717, 1.165) is 38.5 Å². The van der Waals surface area contributed by atoms with Crippen LogP contribution in [-0.4, -0.2) is 168 Å². The van der Waals surface area contributed by atoms with Crippen molar-refractivity contribution in [3.05, 3.63) is 179 Å². The molecule has 0 amide bonds. The maximum atomic E-state index is 13.9. The monoisotopic (exact) mass is 1800 g/mol. The first-order valence-corrected chi connectivity index (χ1v) is 45.1. The number of ether oxygens (including phenoxy) is 7. The predicted octanol–water partition coefficient (Wildman–Crippen LogP) is 10.1. The molecule has 2 heterocycles. The Labute approximate surface area is 738 Å². The molecular formula is C88H94B4F4O25S4. The van der Waals surface area contributed by atoms with Gasteiger partial charge in [0.25, 0.3) is 0 Å². The molecule has 2 aliphatic heterocycles. The second-order valence-corrected chi connectivity index (χ2v) is 40.8. The van der Waals surface area contributed by atoms with Crippen molar-refractivity contribution in [2.75, 3.05) is 13.2 Å². The number of esters is 7. The zero-order valence-electron chi connectivity index (χ0n) is 69.2. The Morgan fingerprint density at radius 2 is 0.768 bits per heavy atom. The molecule has 2 saturated heterocycles. The minimum Gasteiger partial charge on any atom is -0.691 e. The molecule has 25 nitrogen and oxygen atoms in total. The largest absolute Gasteiger partial charge is 0.691 e. The van der Waals surface area contributed by atoms with Crippen LogP contribution in [-0.2, 0) is 112 Å². The third-order valence-electron chi connectivity index (χ3n) is 25.5. The van der Waals surface area contributed by atoms with Gasteiger partial charge in [-0.1, -0.05) is 106 Å². The molecule has 14 aliphatic rings. The molecule has 0 aromatic heterocycles. The van der Waals surface area contributed by atoms with E-state index in [-0.39, 0.29) is 51.9 Å². The Kier molecular flexibility index (Phi) is 29.7. The normalized spacial score (nSPS) is 30.6. The van der Waals surface area contributed by atoms with E-state index in [2.05, 4.69) is 229 Å². The first-order valence-electron chi connectivity index (χ1n) is 41.1. The highest BCUT2D eigenvalue weighted by atomic mass is 32.2. The third-order valence-corrected chi connectivity index (χ3v) is 31.0. The number of hydrogen-bond donors (Lipinski definition) is 4. The zero-order valence-corrected chi connectivity index (χ0v) is 72.5. The van der Waals surface area contributed by atoms with Crippen LogP contribution in [0.3, 0.4) is 0 Å². The number of carboxylic acids is 1. The lowest BCUT2D eigenvalue weighted by molar-refractivity contribution is -0.777. The van der Waals surface area contributed by atoms with Gasteiger partial charge in [0.1, 0.15) is 53.6 Å². The fourth-order valence-electron chi connectivity index (χ4n) is 21.5. The van der Waals surface area contributed by atoms with Gasteiger partial charge >= 0.3 is 58.3 Å². The van der Waals surface area contributed by atoms with E-state index < -0.39 is 184 Å². The molecule has 20 rings (SSSR count). The highest BCUT2D eigenvalue weighted by Gasteiger charge is 2.72. The van der Waals surface area contributed by atoms with E-state index in [0.29, 0.717) is 56.8 Å². The molecule has 4 N–H and O–H groups in total.